The van der Waals surface area contributed by atoms with Crippen molar-refractivity contribution in [2.75, 3.05) is 7.11 Å². The number of benzene rings is 1. The highest BCUT2D eigenvalue weighted by Gasteiger charge is 2.08. The standard InChI is InChI=1S/C14H20N2O3/c1-5-10(2)19-13-7-6-12(8-14(13)18-4)9-15-16-11(3)17/h6-10H,5H2,1-4H3,(H,16,17). The van der Waals surface area contributed by atoms with Gasteiger partial charge in [0.2, 0.25) is 5.91 Å². The Hall–Kier alpha value is -2.04. The second kappa shape index (κ2) is 7.41. The van der Waals surface area contributed by atoms with Gasteiger partial charge in [0.15, 0.2) is 11.5 Å². The van der Waals surface area contributed by atoms with Crippen LogP contribution in [0, 0.1) is 0 Å². The Labute approximate surface area is 113 Å². The molecule has 0 heterocycles. The van der Waals surface area contributed by atoms with Gasteiger partial charge in [0, 0.05) is 6.92 Å². The predicted molar refractivity (Wildman–Crippen MR) is 74.8 cm³/mol. The summed E-state index contributed by atoms with van der Waals surface area (Å²) in [6.07, 6.45) is 2.61. The molecule has 0 aliphatic carbocycles. The third-order valence-electron chi connectivity index (χ3n) is 2.53. The molecule has 19 heavy (non-hydrogen) atoms. The molecule has 0 radical (unpaired) electrons. The van der Waals surface area contributed by atoms with Crippen LogP contribution in [0.2, 0.25) is 0 Å². The van der Waals surface area contributed by atoms with Gasteiger partial charge >= 0.3 is 0 Å². The summed E-state index contributed by atoms with van der Waals surface area (Å²) in [6.45, 7) is 5.47. The molecule has 0 saturated carbocycles. The number of nitrogens with zero attached hydrogens (tertiary/aromatic N) is 1. The normalized spacial score (nSPS) is 12.2. The number of nitrogens with one attached hydrogen (secondary N) is 1. The lowest BCUT2D eigenvalue weighted by atomic mass is 10.2. The van der Waals surface area contributed by atoms with E-state index in [-0.39, 0.29) is 12.0 Å². The average molecular weight is 264 g/mol. The molecule has 1 atom stereocenters. The third kappa shape index (κ3) is 4.99. The third-order valence-corrected chi connectivity index (χ3v) is 2.53. The highest BCUT2D eigenvalue weighted by atomic mass is 16.5. The molecule has 5 heteroatoms. The molecule has 1 aromatic rings. The fraction of sp³-hybridized carbons (Fsp3) is 0.429. The molecule has 1 rings (SSSR count). The molecule has 1 N–H and O–H groups in total. The van der Waals surface area contributed by atoms with Crippen LogP contribution in [-0.2, 0) is 4.79 Å². The van der Waals surface area contributed by atoms with Crippen molar-refractivity contribution in [1.29, 1.82) is 0 Å². The van der Waals surface area contributed by atoms with E-state index in [1.54, 1.807) is 13.3 Å². The van der Waals surface area contributed by atoms with Crippen molar-refractivity contribution in [3.8, 4) is 11.5 Å². The smallest absolute Gasteiger partial charge is 0.236 e. The quantitative estimate of drug-likeness (QED) is 0.633. The van der Waals surface area contributed by atoms with Crippen LogP contribution >= 0.6 is 0 Å². The zero-order chi connectivity index (χ0) is 14.3. The summed E-state index contributed by atoms with van der Waals surface area (Å²) in [7, 11) is 1.59. The number of amides is 1. The Kier molecular flexibility index (Phi) is 5.85. The van der Waals surface area contributed by atoms with E-state index in [2.05, 4.69) is 17.5 Å². The van der Waals surface area contributed by atoms with Gasteiger partial charge in [-0.3, -0.25) is 4.79 Å². The second-order valence-electron chi connectivity index (χ2n) is 4.17. The fourth-order valence-electron chi connectivity index (χ4n) is 1.36. The molecule has 0 bridgehead atoms. The minimum absolute atomic E-state index is 0.132. The van der Waals surface area contributed by atoms with Gasteiger partial charge in [-0.1, -0.05) is 6.92 Å². The summed E-state index contributed by atoms with van der Waals surface area (Å²) in [4.78, 5) is 10.7. The van der Waals surface area contributed by atoms with Gasteiger partial charge in [0.05, 0.1) is 19.4 Å². The number of methoxy groups -OCH3 is 1. The van der Waals surface area contributed by atoms with Crippen LogP contribution < -0.4 is 14.9 Å². The first kappa shape index (κ1) is 15.0. The van der Waals surface area contributed by atoms with E-state index >= 15 is 0 Å². The number of hydrogen-bond acceptors (Lipinski definition) is 4. The first-order valence-electron chi connectivity index (χ1n) is 6.21. The van der Waals surface area contributed by atoms with Gasteiger partial charge in [0.1, 0.15) is 0 Å². The van der Waals surface area contributed by atoms with Crippen LogP contribution in [0.4, 0.5) is 0 Å². The maximum atomic E-state index is 10.7. The molecule has 0 saturated heterocycles. The van der Waals surface area contributed by atoms with Crippen molar-refractivity contribution in [3.63, 3.8) is 0 Å². The maximum absolute atomic E-state index is 10.7. The first-order valence-corrected chi connectivity index (χ1v) is 6.21. The molecule has 0 aliphatic rings. The van der Waals surface area contributed by atoms with E-state index in [0.29, 0.717) is 11.5 Å². The number of hydrogen-bond donors (Lipinski definition) is 1. The lowest BCUT2D eigenvalue weighted by Gasteiger charge is -2.15. The Bertz CT molecular complexity index is 458. The number of hydrazone groups is 1. The van der Waals surface area contributed by atoms with E-state index in [1.807, 2.05) is 25.1 Å². The highest BCUT2D eigenvalue weighted by molar-refractivity contribution is 5.82. The number of rotatable bonds is 6. The molecule has 1 amide bonds. The van der Waals surface area contributed by atoms with Crippen LogP contribution in [0.25, 0.3) is 0 Å². The Balaban J connectivity index is 2.83. The molecule has 0 spiro atoms. The number of carbonyl (C=O) groups is 1. The summed E-state index contributed by atoms with van der Waals surface area (Å²) in [5.41, 5.74) is 3.17. The van der Waals surface area contributed by atoms with Crippen molar-refractivity contribution < 1.29 is 14.3 Å². The van der Waals surface area contributed by atoms with E-state index in [0.717, 1.165) is 12.0 Å². The molecule has 1 aromatic carbocycles. The van der Waals surface area contributed by atoms with Gasteiger partial charge in [-0.25, -0.2) is 5.43 Å². The van der Waals surface area contributed by atoms with Crippen molar-refractivity contribution in [3.05, 3.63) is 23.8 Å². The number of carbonyl (C=O) groups excluding carboxylic acids is 1. The van der Waals surface area contributed by atoms with Gasteiger partial charge < -0.3 is 9.47 Å². The lowest BCUT2D eigenvalue weighted by Crippen LogP contribution is -2.12. The summed E-state index contributed by atoms with van der Waals surface area (Å²) >= 11 is 0. The Morgan fingerprint density at radius 3 is 2.79 bits per heavy atom. The molecule has 0 aromatic heterocycles. The summed E-state index contributed by atoms with van der Waals surface area (Å²) in [5.74, 6) is 1.14. The minimum Gasteiger partial charge on any atom is -0.493 e. The minimum atomic E-state index is -0.208. The molecule has 1 unspecified atom stereocenters. The highest BCUT2D eigenvalue weighted by Crippen LogP contribution is 2.28. The summed E-state index contributed by atoms with van der Waals surface area (Å²) < 4.78 is 11.0. The maximum Gasteiger partial charge on any atom is 0.236 e. The molecular weight excluding hydrogens is 244 g/mol. The molecule has 5 nitrogen and oxygen atoms in total. The first-order chi connectivity index (χ1) is 9.06. The van der Waals surface area contributed by atoms with E-state index < -0.39 is 0 Å². The predicted octanol–water partition coefficient (Wildman–Crippen LogP) is 2.34. The molecular formula is C14H20N2O3. The van der Waals surface area contributed by atoms with Crippen LogP contribution in [0.15, 0.2) is 23.3 Å². The van der Waals surface area contributed by atoms with E-state index in [9.17, 15) is 4.79 Å². The van der Waals surface area contributed by atoms with Gasteiger partial charge in [-0.2, -0.15) is 5.10 Å². The van der Waals surface area contributed by atoms with E-state index in [1.165, 1.54) is 6.92 Å². The lowest BCUT2D eigenvalue weighted by molar-refractivity contribution is -0.118. The zero-order valence-electron chi connectivity index (χ0n) is 11.8. The number of ether oxygens (including phenoxy) is 2. The largest absolute Gasteiger partial charge is 0.493 e. The van der Waals surface area contributed by atoms with Crippen molar-refractivity contribution in [2.24, 2.45) is 5.10 Å². The summed E-state index contributed by atoms with van der Waals surface area (Å²) in [6, 6.07) is 5.49. The fourth-order valence-corrected chi connectivity index (χ4v) is 1.36. The monoisotopic (exact) mass is 264 g/mol. The van der Waals surface area contributed by atoms with Crippen molar-refractivity contribution in [2.45, 2.75) is 33.3 Å². The summed E-state index contributed by atoms with van der Waals surface area (Å²) in [5, 5.41) is 3.80. The van der Waals surface area contributed by atoms with Crippen molar-refractivity contribution >= 4 is 12.1 Å². The molecule has 0 aliphatic heterocycles. The average Bonchev–Trinajstić information content (AvgIpc) is 2.39. The van der Waals surface area contributed by atoms with Gasteiger partial charge in [-0.15, -0.1) is 0 Å². The zero-order valence-corrected chi connectivity index (χ0v) is 11.8. The molecule has 0 fully saturated rings. The van der Waals surface area contributed by atoms with Crippen LogP contribution in [0.5, 0.6) is 11.5 Å². The Morgan fingerprint density at radius 2 is 2.21 bits per heavy atom. The topological polar surface area (TPSA) is 59.9 Å². The van der Waals surface area contributed by atoms with Gasteiger partial charge in [0.25, 0.3) is 0 Å². The van der Waals surface area contributed by atoms with Crippen molar-refractivity contribution in [1.82, 2.24) is 5.43 Å². The Morgan fingerprint density at radius 1 is 1.47 bits per heavy atom. The van der Waals surface area contributed by atoms with Gasteiger partial charge in [-0.05, 0) is 37.1 Å². The second-order valence-corrected chi connectivity index (χ2v) is 4.17. The van der Waals surface area contributed by atoms with Crippen LogP contribution in [-0.4, -0.2) is 25.3 Å². The van der Waals surface area contributed by atoms with E-state index in [4.69, 9.17) is 9.47 Å². The molecule has 104 valence electrons. The van der Waals surface area contributed by atoms with Crippen LogP contribution in [0.3, 0.4) is 0 Å². The SMILES string of the molecule is CCC(C)Oc1ccc(C=NNC(C)=O)cc1OC. The van der Waals surface area contributed by atoms with Crippen LogP contribution in [0.1, 0.15) is 32.8 Å².